The van der Waals surface area contributed by atoms with Crippen molar-refractivity contribution in [1.29, 1.82) is 0 Å². The molecule has 1 aromatic carbocycles. The van der Waals surface area contributed by atoms with Gasteiger partial charge in [0.1, 0.15) is 21.1 Å². The standard InChI is InChI=1S/C21H21N3O6S/c1-31(28,29)12-21(6-7-21)11-30-19-17-16-13-4-2-3-5-15(13)22-24(16)9-8-23(17)10-14(18(19)25)20(26)27/h2-5,10H,6-9,11-12H2,1H3,(H,26,27). The first-order valence-electron chi connectivity index (χ1n) is 9.95. The molecule has 0 bridgehead atoms. The maximum absolute atomic E-state index is 13.1. The smallest absolute Gasteiger partial charge is 0.341 e. The third-order valence-corrected chi connectivity index (χ3v) is 7.08. The van der Waals surface area contributed by atoms with Gasteiger partial charge < -0.3 is 14.4 Å². The molecule has 5 rings (SSSR count). The van der Waals surface area contributed by atoms with Gasteiger partial charge in [-0.25, -0.2) is 13.2 Å². The number of benzene rings is 1. The maximum atomic E-state index is 13.1. The molecule has 2 aliphatic rings. The second-order valence-corrected chi connectivity index (χ2v) is 10.6. The van der Waals surface area contributed by atoms with E-state index in [0.717, 1.165) is 10.9 Å². The van der Waals surface area contributed by atoms with Crippen LogP contribution in [0.4, 0.5) is 0 Å². The molecule has 0 radical (unpaired) electrons. The van der Waals surface area contributed by atoms with E-state index in [1.807, 2.05) is 24.3 Å². The van der Waals surface area contributed by atoms with E-state index in [4.69, 9.17) is 4.74 Å². The molecule has 3 heterocycles. The number of aromatic carboxylic acids is 1. The Morgan fingerprint density at radius 1 is 1.23 bits per heavy atom. The molecule has 9 nitrogen and oxygen atoms in total. The SMILES string of the molecule is CS(=O)(=O)CC1(COc2c3n(cc(C(=O)O)c2=O)CCn2nc4ccccc4c2-3)CC1. The van der Waals surface area contributed by atoms with Gasteiger partial charge in [-0.05, 0) is 18.9 Å². The van der Waals surface area contributed by atoms with Crippen LogP contribution < -0.4 is 10.2 Å². The van der Waals surface area contributed by atoms with Crippen LogP contribution in [0.1, 0.15) is 23.2 Å². The third kappa shape index (κ3) is 3.40. The first-order chi connectivity index (χ1) is 14.7. The lowest BCUT2D eigenvalue weighted by atomic mass is 10.1. The highest BCUT2D eigenvalue weighted by Crippen LogP contribution is 2.47. The summed E-state index contributed by atoms with van der Waals surface area (Å²) in [5, 5.41) is 15.0. The van der Waals surface area contributed by atoms with Crippen LogP contribution >= 0.6 is 0 Å². The predicted molar refractivity (Wildman–Crippen MR) is 113 cm³/mol. The van der Waals surface area contributed by atoms with Crippen molar-refractivity contribution in [2.75, 3.05) is 18.6 Å². The van der Waals surface area contributed by atoms with Crippen LogP contribution in [0.15, 0.2) is 35.3 Å². The van der Waals surface area contributed by atoms with E-state index in [1.54, 1.807) is 9.25 Å². The topological polar surface area (TPSA) is 120 Å². The lowest BCUT2D eigenvalue weighted by Crippen LogP contribution is -2.29. The molecule has 1 aliphatic carbocycles. The Bertz CT molecular complexity index is 1400. The number of hydrogen-bond donors (Lipinski definition) is 1. The molecule has 10 heteroatoms. The van der Waals surface area contributed by atoms with Crippen LogP contribution in [-0.2, 0) is 22.9 Å². The first kappa shape index (κ1) is 19.8. The number of ether oxygens (including phenoxy) is 1. The quantitative estimate of drug-likeness (QED) is 0.616. The minimum absolute atomic E-state index is 0.0248. The Morgan fingerprint density at radius 3 is 2.65 bits per heavy atom. The fraction of sp³-hybridized carbons (Fsp3) is 0.381. The molecule has 0 unspecified atom stereocenters. The summed E-state index contributed by atoms with van der Waals surface area (Å²) >= 11 is 0. The molecule has 1 N–H and O–H groups in total. The van der Waals surface area contributed by atoms with Crippen molar-refractivity contribution in [1.82, 2.24) is 14.3 Å². The lowest BCUT2D eigenvalue weighted by molar-refractivity contribution is 0.0693. The van der Waals surface area contributed by atoms with E-state index < -0.39 is 26.7 Å². The van der Waals surface area contributed by atoms with Crippen molar-refractivity contribution in [2.24, 2.45) is 5.41 Å². The molecule has 1 saturated carbocycles. The number of aromatic nitrogens is 3. The molecule has 2 aromatic heterocycles. The number of carboxylic acid groups (broad SMARTS) is 1. The molecule has 1 fully saturated rings. The molecular weight excluding hydrogens is 422 g/mol. The Hall–Kier alpha value is -3.14. The maximum Gasteiger partial charge on any atom is 0.341 e. The van der Waals surface area contributed by atoms with Gasteiger partial charge in [0.25, 0.3) is 0 Å². The first-order valence-corrected chi connectivity index (χ1v) is 12.0. The molecule has 3 aromatic rings. The van der Waals surface area contributed by atoms with Crippen LogP contribution in [0.3, 0.4) is 0 Å². The summed E-state index contributed by atoms with van der Waals surface area (Å²) in [6.07, 6.45) is 3.90. The number of rotatable bonds is 6. The zero-order valence-electron chi connectivity index (χ0n) is 16.9. The van der Waals surface area contributed by atoms with E-state index in [1.165, 1.54) is 12.5 Å². The molecule has 0 atom stereocenters. The lowest BCUT2D eigenvalue weighted by Gasteiger charge is -2.25. The van der Waals surface area contributed by atoms with Gasteiger partial charge in [0, 0.05) is 29.8 Å². The number of sulfone groups is 1. The van der Waals surface area contributed by atoms with Gasteiger partial charge in [-0.1, -0.05) is 18.2 Å². The summed E-state index contributed by atoms with van der Waals surface area (Å²) in [6.45, 7) is 0.996. The van der Waals surface area contributed by atoms with Crippen LogP contribution in [0, 0.1) is 5.41 Å². The Labute approximate surface area is 177 Å². The number of carboxylic acids is 1. The minimum Gasteiger partial charge on any atom is -0.487 e. The second-order valence-electron chi connectivity index (χ2n) is 8.50. The summed E-state index contributed by atoms with van der Waals surface area (Å²) in [5.41, 5.74) is 0.316. The molecule has 0 amide bonds. The largest absolute Gasteiger partial charge is 0.487 e. The van der Waals surface area contributed by atoms with E-state index in [0.29, 0.717) is 37.3 Å². The van der Waals surface area contributed by atoms with Crippen molar-refractivity contribution in [3.05, 3.63) is 46.2 Å². The van der Waals surface area contributed by atoms with E-state index in [9.17, 15) is 23.1 Å². The summed E-state index contributed by atoms with van der Waals surface area (Å²) in [7, 11) is -3.21. The van der Waals surface area contributed by atoms with Crippen molar-refractivity contribution in [2.45, 2.75) is 25.9 Å². The summed E-state index contributed by atoms with van der Waals surface area (Å²) in [6, 6.07) is 7.52. The van der Waals surface area contributed by atoms with Crippen molar-refractivity contribution >= 4 is 26.7 Å². The highest BCUT2D eigenvalue weighted by atomic mass is 32.2. The van der Waals surface area contributed by atoms with Crippen LogP contribution in [0.5, 0.6) is 5.75 Å². The van der Waals surface area contributed by atoms with Crippen LogP contribution in [0.25, 0.3) is 22.3 Å². The number of aryl methyl sites for hydroxylation is 2. The molecule has 0 spiro atoms. The van der Waals surface area contributed by atoms with Crippen molar-refractivity contribution in [3.8, 4) is 17.1 Å². The molecule has 162 valence electrons. The third-order valence-electron chi connectivity index (χ3n) is 5.94. The molecule has 1 aliphatic heterocycles. The second kappa shape index (κ2) is 6.68. The normalized spacial score (nSPS) is 16.5. The molecule has 31 heavy (non-hydrogen) atoms. The Balaban J connectivity index is 1.67. The van der Waals surface area contributed by atoms with Crippen LogP contribution in [0.2, 0.25) is 0 Å². The van der Waals surface area contributed by atoms with E-state index in [2.05, 4.69) is 5.10 Å². The van der Waals surface area contributed by atoms with Gasteiger partial charge in [0.2, 0.25) is 5.43 Å². The minimum atomic E-state index is -3.21. The summed E-state index contributed by atoms with van der Waals surface area (Å²) < 4.78 is 33.1. The van der Waals surface area contributed by atoms with Gasteiger partial charge in [0.05, 0.1) is 30.1 Å². The van der Waals surface area contributed by atoms with Gasteiger partial charge >= 0.3 is 5.97 Å². The monoisotopic (exact) mass is 443 g/mol. The number of carbonyl (C=O) groups is 1. The summed E-state index contributed by atoms with van der Waals surface area (Å²) in [5.74, 6) is -1.42. The number of pyridine rings is 1. The van der Waals surface area contributed by atoms with E-state index in [-0.39, 0.29) is 23.7 Å². The van der Waals surface area contributed by atoms with Gasteiger partial charge in [-0.3, -0.25) is 9.48 Å². The Kier molecular flexibility index (Phi) is 4.27. The zero-order valence-corrected chi connectivity index (χ0v) is 17.7. The Morgan fingerprint density at radius 2 is 1.97 bits per heavy atom. The zero-order chi connectivity index (χ0) is 22.0. The molecular formula is C21H21N3O6S. The van der Waals surface area contributed by atoms with Crippen LogP contribution in [-0.4, -0.2) is 52.5 Å². The molecule has 0 saturated heterocycles. The fourth-order valence-corrected chi connectivity index (χ4v) is 5.81. The number of hydrogen-bond acceptors (Lipinski definition) is 6. The van der Waals surface area contributed by atoms with E-state index >= 15 is 0 Å². The highest BCUT2D eigenvalue weighted by molar-refractivity contribution is 7.90. The fourth-order valence-electron chi connectivity index (χ4n) is 4.33. The van der Waals surface area contributed by atoms with Gasteiger partial charge in [0.15, 0.2) is 5.75 Å². The van der Waals surface area contributed by atoms with Gasteiger partial charge in [-0.15, -0.1) is 0 Å². The average Bonchev–Trinajstić information content (AvgIpc) is 3.33. The van der Waals surface area contributed by atoms with Crippen molar-refractivity contribution in [3.63, 3.8) is 0 Å². The highest BCUT2D eigenvalue weighted by Gasteiger charge is 2.46. The summed E-state index contributed by atoms with van der Waals surface area (Å²) in [4.78, 5) is 24.8. The van der Waals surface area contributed by atoms with Crippen molar-refractivity contribution < 1.29 is 23.1 Å². The number of fused-ring (bicyclic) bond motifs is 5. The number of nitrogens with zero attached hydrogens (tertiary/aromatic N) is 3. The predicted octanol–water partition coefficient (Wildman–Crippen LogP) is 1.78. The van der Waals surface area contributed by atoms with Gasteiger partial charge in [-0.2, -0.15) is 5.10 Å². The average molecular weight is 443 g/mol.